The van der Waals surface area contributed by atoms with Gasteiger partial charge in [0.05, 0.1) is 5.69 Å². The van der Waals surface area contributed by atoms with Crippen LogP contribution in [0.1, 0.15) is 22.8 Å². The Balaban J connectivity index is 1.18. The van der Waals surface area contributed by atoms with Crippen molar-refractivity contribution in [1.29, 1.82) is 0 Å². The number of pyridine rings is 1. The molecule has 33 heavy (non-hydrogen) atoms. The van der Waals surface area contributed by atoms with Crippen LogP contribution < -0.4 is 20.4 Å². The van der Waals surface area contributed by atoms with Gasteiger partial charge in [-0.25, -0.2) is 4.98 Å². The SMILES string of the molecule is CCNC(=O)c1ccc(N2CCN(Cc3cnc4c(c3)NC(=O)[C@@H]3CSCCN43)CC2)cc1. The maximum Gasteiger partial charge on any atom is 0.251 e. The van der Waals surface area contributed by atoms with Crippen LogP contribution >= 0.6 is 11.8 Å². The van der Waals surface area contributed by atoms with E-state index in [1.807, 2.05) is 49.1 Å². The highest BCUT2D eigenvalue weighted by Gasteiger charge is 2.36. The lowest BCUT2D eigenvalue weighted by molar-refractivity contribution is -0.117. The highest BCUT2D eigenvalue weighted by atomic mass is 32.2. The van der Waals surface area contributed by atoms with Gasteiger partial charge in [0.2, 0.25) is 5.91 Å². The lowest BCUT2D eigenvalue weighted by Gasteiger charge is -2.40. The zero-order valence-electron chi connectivity index (χ0n) is 18.9. The second kappa shape index (κ2) is 9.61. The van der Waals surface area contributed by atoms with E-state index in [0.29, 0.717) is 12.1 Å². The predicted molar refractivity (Wildman–Crippen MR) is 133 cm³/mol. The molecule has 2 amide bonds. The second-order valence-corrected chi connectivity index (χ2v) is 9.81. The molecule has 1 aromatic heterocycles. The Labute approximate surface area is 198 Å². The Morgan fingerprint density at radius 2 is 1.97 bits per heavy atom. The number of amides is 2. The molecule has 1 atom stereocenters. The maximum atomic E-state index is 12.5. The van der Waals surface area contributed by atoms with Crippen LogP contribution in [0.15, 0.2) is 36.5 Å². The maximum absolute atomic E-state index is 12.5. The number of rotatable bonds is 5. The van der Waals surface area contributed by atoms with E-state index in [4.69, 9.17) is 4.98 Å². The second-order valence-electron chi connectivity index (χ2n) is 8.66. The summed E-state index contributed by atoms with van der Waals surface area (Å²) in [6.45, 7) is 8.01. The van der Waals surface area contributed by atoms with E-state index in [-0.39, 0.29) is 17.9 Å². The number of carbonyl (C=O) groups excluding carboxylic acids is 2. The molecule has 3 aliphatic rings. The summed E-state index contributed by atoms with van der Waals surface area (Å²) in [6, 6.07) is 9.84. The molecule has 2 aromatic rings. The summed E-state index contributed by atoms with van der Waals surface area (Å²) in [4.78, 5) is 36.2. The van der Waals surface area contributed by atoms with Crippen molar-refractivity contribution in [2.45, 2.75) is 19.5 Å². The van der Waals surface area contributed by atoms with Crippen LogP contribution in [-0.2, 0) is 11.3 Å². The minimum atomic E-state index is -0.0993. The van der Waals surface area contributed by atoms with Crippen LogP contribution in [0.3, 0.4) is 0 Å². The third kappa shape index (κ3) is 4.65. The van der Waals surface area contributed by atoms with Crippen LogP contribution in [0, 0.1) is 0 Å². The van der Waals surface area contributed by atoms with Crippen LogP contribution in [0.5, 0.6) is 0 Å². The molecular formula is C24H30N6O2S. The molecule has 0 spiro atoms. The van der Waals surface area contributed by atoms with Gasteiger partial charge in [0.15, 0.2) is 5.82 Å². The van der Waals surface area contributed by atoms with E-state index in [1.165, 1.54) is 0 Å². The minimum absolute atomic E-state index is 0.0292. The molecule has 4 heterocycles. The van der Waals surface area contributed by atoms with Crippen molar-refractivity contribution in [3.05, 3.63) is 47.7 Å². The van der Waals surface area contributed by atoms with E-state index < -0.39 is 0 Å². The first-order valence-corrected chi connectivity index (χ1v) is 12.8. The van der Waals surface area contributed by atoms with Gasteiger partial charge in [-0.1, -0.05) is 0 Å². The molecule has 0 bridgehead atoms. The molecule has 5 rings (SSSR count). The van der Waals surface area contributed by atoms with Gasteiger partial charge < -0.3 is 20.4 Å². The molecule has 1 aromatic carbocycles. The number of carbonyl (C=O) groups is 2. The van der Waals surface area contributed by atoms with Crippen LogP contribution in [-0.4, -0.2) is 78.5 Å². The van der Waals surface area contributed by atoms with Gasteiger partial charge in [-0.05, 0) is 42.8 Å². The zero-order chi connectivity index (χ0) is 22.8. The lowest BCUT2D eigenvalue weighted by Crippen LogP contribution is -2.53. The Morgan fingerprint density at radius 3 is 2.73 bits per heavy atom. The molecule has 8 nitrogen and oxygen atoms in total. The highest BCUT2D eigenvalue weighted by Crippen LogP contribution is 2.34. The predicted octanol–water partition coefficient (Wildman–Crippen LogP) is 2.03. The fourth-order valence-corrected chi connectivity index (χ4v) is 5.75. The van der Waals surface area contributed by atoms with Crippen molar-refractivity contribution < 1.29 is 9.59 Å². The van der Waals surface area contributed by atoms with E-state index >= 15 is 0 Å². The van der Waals surface area contributed by atoms with E-state index in [2.05, 4.69) is 31.4 Å². The van der Waals surface area contributed by atoms with Gasteiger partial charge in [0.1, 0.15) is 6.04 Å². The van der Waals surface area contributed by atoms with E-state index in [0.717, 1.165) is 73.5 Å². The number of hydrogen-bond donors (Lipinski definition) is 2. The zero-order valence-corrected chi connectivity index (χ0v) is 19.7. The number of anilines is 3. The lowest BCUT2D eigenvalue weighted by atomic mass is 10.1. The van der Waals surface area contributed by atoms with Crippen LogP contribution in [0.4, 0.5) is 17.2 Å². The number of hydrogen-bond acceptors (Lipinski definition) is 7. The summed E-state index contributed by atoms with van der Waals surface area (Å²) in [5.41, 5.74) is 3.81. The van der Waals surface area contributed by atoms with Gasteiger partial charge in [-0.15, -0.1) is 0 Å². The molecule has 2 N–H and O–H groups in total. The number of benzene rings is 1. The first kappa shape index (κ1) is 22.0. The quantitative estimate of drug-likeness (QED) is 0.698. The summed E-state index contributed by atoms with van der Waals surface area (Å²) in [7, 11) is 0. The van der Waals surface area contributed by atoms with Gasteiger partial charge in [0.25, 0.3) is 5.91 Å². The van der Waals surface area contributed by atoms with Crippen molar-refractivity contribution in [3.63, 3.8) is 0 Å². The number of nitrogens with one attached hydrogen (secondary N) is 2. The van der Waals surface area contributed by atoms with Crippen molar-refractivity contribution in [2.75, 3.05) is 65.9 Å². The van der Waals surface area contributed by atoms with Gasteiger partial charge in [0, 0.05) is 74.8 Å². The molecule has 0 aliphatic carbocycles. The Bertz CT molecular complexity index is 1020. The Morgan fingerprint density at radius 1 is 1.18 bits per heavy atom. The average molecular weight is 467 g/mol. The van der Waals surface area contributed by atoms with Crippen molar-refractivity contribution in [1.82, 2.24) is 15.2 Å². The molecule has 2 fully saturated rings. The average Bonchev–Trinajstić information content (AvgIpc) is 2.85. The van der Waals surface area contributed by atoms with Crippen molar-refractivity contribution >= 4 is 40.8 Å². The number of nitrogens with zero attached hydrogens (tertiary/aromatic N) is 4. The molecular weight excluding hydrogens is 436 g/mol. The van der Waals surface area contributed by atoms with E-state index in [1.54, 1.807) is 0 Å². The number of piperazine rings is 1. The molecule has 0 saturated carbocycles. The van der Waals surface area contributed by atoms with Gasteiger partial charge in [-0.3, -0.25) is 14.5 Å². The van der Waals surface area contributed by atoms with Gasteiger partial charge in [-0.2, -0.15) is 11.8 Å². The first-order chi connectivity index (χ1) is 16.1. The van der Waals surface area contributed by atoms with Gasteiger partial charge >= 0.3 is 0 Å². The van der Waals surface area contributed by atoms with Crippen molar-refractivity contribution in [2.24, 2.45) is 0 Å². The van der Waals surface area contributed by atoms with E-state index in [9.17, 15) is 9.59 Å². The largest absolute Gasteiger partial charge is 0.369 e. The Kier molecular flexibility index (Phi) is 6.41. The third-order valence-electron chi connectivity index (χ3n) is 6.49. The summed E-state index contributed by atoms with van der Waals surface area (Å²) < 4.78 is 0. The highest BCUT2D eigenvalue weighted by molar-refractivity contribution is 7.99. The monoisotopic (exact) mass is 466 g/mol. The Hall–Kier alpha value is -2.78. The third-order valence-corrected chi connectivity index (χ3v) is 7.52. The molecule has 0 unspecified atom stereocenters. The summed E-state index contributed by atoms with van der Waals surface area (Å²) in [5.74, 6) is 2.82. The van der Waals surface area contributed by atoms with Crippen molar-refractivity contribution in [3.8, 4) is 0 Å². The number of fused-ring (bicyclic) bond motifs is 3. The fraction of sp³-hybridized carbons (Fsp3) is 0.458. The smallest absolute Gasteiger partial charge is 0.251 e. The standard InChI is InChI=1S/C24H30N6O2S/c1-2-25-23(31)18-3-5-19(6-4-18)29-9-7-28(8-10-29)15-17-13-20-22(26-14-17)30-11-12-33-16-21(30)24(32)27-20/h3-6,13-14,21H,2,7-12,15-16H2,1H3,(H,25,31)(H,27,32)/t21-/m0/s1. The molecule has 0 radical (unpaired) electrons. The minimum Gasteiger partial charge on any atom is -0.369 e. The fourth-order valence-electron chi connectivity index (χ4n) is 4.71. The summed E-state index contributed by atoms with van der Waals surface area (Å²) in [6.07, 6.45) is 1.96. The number of aromatic nitrogens is 1. The first-order valence-electron chi connectivity index (χ1n) is 11.6. The molecule has 174 valence electrons. The number of thioether (sulfide) groups is 1. The molecule has 9 heteroatoms. The summed E-state index contributed by atoms with van der Waals surface area (Å²) in [5, 5.41) is 5.91. The van der Waals surface area contributed by atoms with Crippen LogP contribution in [0.2, 0.25) is 0 Å². The molecule has 2 saturated heterocycles. The normalized spacial score (nSPS) is 20.6. The van der Waals surface area contributed by atoms with Crippen LogP contribution in [0.25, 0.3) is 0 Å². The topological polar surface area (TPSA) is 80.8 Å². The molecule has 3 aliphatic heterocycles. The summed E-state index contributed by atoms with van der Waals surface area (Å²) >= 11 is 1.83.